The molecule has 0 radical (unpaired) electrons. The van der Waals surface area contributed by atoms with Crippen LogP contribution in [-0.4, -0.2) is 87.2 Å². The van der Waals surface area contributed by atoms with E-state index in [1.54, 1.807) is 4.90 Å². The predicted octanol–water partition coefficient (Wildman–Crippen LogP) is 0.400. The highest BCUT2D eigenvalue weighted by molar-refractivity contribution is 6.35. The van der Waals surface area contributed by atoms with E-state index in [0.717, 1.165) is 45.9 Å². The number of ether oxygens (including phenoxy) is 1. The molecular weight excluding hydrogens is 344 g/mol. The summed E-state index contributed by atoms with van der Waals surface area (Å²) in [6, 6.07) is 6.30. The van der Waals surface area contributed by atoms with Crippen LogP contribution >= 0.6 is 0 Å². The van der Waals surface area contributed by atoms with Crippen LogP contribution in [0.1, 0.15) is 11.1 Å². The number of hydrogen-bond donors (Lipinski definition) is 1. The zero-order valence-electron chi connectivity index (χ0n) is 16.4. The number of amides is 2. The molecule has 3 rings (SSSR count). The second kappa shape index (κ2) is 9.19. The van der Waals surface area contributed by atoms with Crippen molar-refractivity contribution in [1.82, 2.24) is 15.1 Å². The Hall–Kier alpha value is -2.12. The molecule has 1 N–H and O–H groups in total. The van der Waals surface area contributed by atoms with Crippen LogP contribution in [-0.2, 0) is 14.3 Å². The van der Waals surface area contributed by atoms with Crippen molar-refractivity contribution >= 4 is 17.5 Å². The van der Waals surface area contributed by atoms with Crippen molar-refractivity contribution < 1.29 is 14.3 Å². The zero-order valence-corrected chi connectivity index (χ0v) is 16.4. The lowest BCUT2D eigenvalue weighted by Crippen LogP contribution is -2.53. The van der Waals surface area contributed by atoms with Crippen LogP contribution < -0.4 is 10.2 Å². The van der Waals surface area contributed by atoms with E-state index in [-0.39, 0.29) is 0 Å². The van der Waals surface area contributed by atoms with Gasteiger partial charge in [0.05, 0.1) is 13.2 Å². The quantitative estimate of drug-likeness (QED) is 0.773. The van der Waals surface area contributed by atoms with Gasteiger partial charge in [-0.1, -0.05) is 12.1 Å². The van der Waals surface area contributed by atoms with Crippen LogP contribution in [0.2, 0.25) is 0 Å². The Labute approximate surface area is 161 Å². The molecule has 0 aromatic heterocycles. The number of piperazine rings is 1. The van der Waals surface area contributed by atoms with Crippen molar-refractivity contribution in [1.29, 1.82) is 0 Å². The highest BCUT2D eigenvalue weighted by Crippen LogP contribution is 2.23. The van der Waals surface area contributed by atoms with Crippen molar-refractivity contribution in [3.05, 3.63) is 29.3 Å². The normalized spacial score (nSPS) is 18.4. The molecule has 0 saturated carbocycles. The minimum atomic E-state index is -0.497. The fourth-order valence-electron chi connectivity index (χ4n) is 3.60. The molecule has 2 heterocycles. The molecule has 0 aliphatic carbocycles. The molecule has 7 heteroatoms. The average Bonchev–Trinajstić information content (AvgIpc) is 2.70. The van der Waals surface area contributed by atoms with Crippen molar-refractivity contribution in [3.63, 3.8) is 0 Å². The van der Waals surface area contributed by atoms with Crippen LogP contribution in [0.5, 0.6) is 0 Å². The molecule has 0 spiro atoms. The summed E-state index contributed by atoms with van der Waals surface area (Å²) in [5.74, 6) is -0.916. The molecule has 0 atom stereocenters. The monoisotopic (exact) mass is 374 g/mol. The first kappa shape index (κ1) is 19.6. The summed E-state index contributed by atoms with van der Waals surface area (Å²) >= 11 is 0. The van der Waals surface area contributed by atoms with Gasteiger partial charge in [0.1, 0.15) is 0 Å². The third-order valence-electron chi connectivity index (χ3n) is 5.50. The lowest BCUT2D eigenvalue weighted by Gasteiger charge is -2.36. The number of aryl methyl sites for hydroxylation is 1. The fourth-order valence-corrected chi connectivity index (χ4v) is 3.60. The van der Waals surface area contributed by atoms with Crippen LogP contribution in [0.4, 0.5) is 5.69 Å². The van der Waals surface area contributed by atoms with Crippen molar-refractivity contribution in [2.75, 3.05) is 70.5 Å². The second-order valence-corrected chi connectivity index (χ2v) is 7.21. The van der Waals surface area contributed by atoms with Gasteiger partial charge >= 0.3 is 11.8 Å². The first-order valence-electron chi connectivity index (χ1n) is 9.74. The smallest absolute Gasteiger partial charge is 0.312 e. The Balaban J connectivity index is 1.43. The SMILES string of the molecule is Cc1cccc(N2CCN(C(=O)C(=O)NCCN3CCOCC3)CC2)c1C. The molecule has 0 unspecified atom stereocenters. The van der Waals surface area contributed by atoms with Gasteiger partial charge < -0.3 is 19.9 Å². The Morgan fingerprint density at radius 2 is 1.74 bits per heavy atom. The summed E-state index contributed by atoms with van der Waals surface area (Å²) in [5, 5.41) is 2.76. The topological polar surface area (TPSA) is 65.1 Å². The van der Waals surface area contributed by atoms with Gasteiger partial charge in [-0.3, -0.25) is 14.5 Å². The van der Waals surface area contributed by atoms with E-state index in [9.17, 15) is 9.59 Å². The Bertz CT molecular complexity index is 665. The van der Waals surface area contributed by atoms with E-state index in [1.165, 1.54) is 16.8 Å². The van der Waals surface area contributed by atoms with Crippen molar-refractivity contribution in [2.24, 2.45) is 0 Å². The molecule has 2 aliphatic heterocycles. The first-order valence-corrected chi connectivity index (χ1v) is 9.74. The predicted molar refractivity (Wildman–Crippen MR) is 105 cm³/mol. The molecule has 2 saturated heterocycles. The minimum Gasteiger partial charge on any atom is -0.379 e. The first-order chi connectivity index (χ1) is 13.1. The third-order valence-corrected chi connectivity index (χ3v) is 5.50. The van der Waals surface area contributed by atoms with Gasteiger partial charge in [-0.2, -0.15) is 0 Å². The standard InChI is InChI=1S/C20H30N4O3/c1-16-4-3-5-18(17(16)2)23-8-10-24(11-9-23)20(26)19(25)21-6-7-22-12-14-27-15-13-22/h3-5H,6-15H2,1-2H3,(H,21,25). The number of hydrogen-bond acceptors (Lipinski definition) is 5. The summed E-state index contributed by atoms with van der Waals surface area (Å²) in [5.41, 5.74) is 3.76. The van der Waals surface area contributed by atoms with Crippen LogP contribution in [0, 0.1) is 13.8 Å². The van der Waals surface area contributed by atoms with Gasteiger partial charge in [-0.25, -0.2) is 0 Å². The van der Waals surface area contributed by atoms with E-state index in [1.807, 2.05) is 0 Å². The molecule has 7 nitrogen and oxygen atoms in total. The van der Waals surface area contributed by atoms with Gasteiger partial charge in [0.25, 0.3) is 0 Å². The summed E-state index contributed by atoms with van der Waals surface area (Å²) < 4.78 is 5.31. The number of rotatable bonds is 4. The van der Waals surface area contributed by atoms with Gasteiger partial charge in [-0.15, -0.1) is 0 Å². The summed E-state index contributed by atoms with van der Waals surface area (Å²) in [6.07, 6.45) is 0. The molecule has 27 heavy (non-hydrogen) atoms. The van der Waals surface area contributed by atoms with E-state index in [2.05, 4.69) is 47.2 Å². The van der Waals surface area contributed by atoms with Crippen molar-refractivity contribution in [2.45, 2.75) is 13.8 Å². The van der Waals surface area contributed by atoms with Crippen LogP contribution in [0.15, 0.2) is 18.2 Å². The number of benzene rings is 1. The zero-order chi connectivity index (χ0) is 19.2. The maximum absolute atomic E-state index is 12.4. The number of anilines is 1. The summed E-state index contributed by atoms with van der Waals surface area (Å²) in [6.45, 7) is 11.4. The van der Waals surface area contributed by atoms with Gasteiger partial charge in [-0.05, 0) is 31.0 Å². The second-order valence-electron chi connectivity index (χ2n) is 7.21. The van der Waals surface area contributed by atoms with Gasteiger partial charge in [0.15, 0.2) is 0 Å². The lowest BCUT2D eigenvalue weighted by atomic mass is 10.1. The molecule has 1 aromatic rings. The molecular formula is C20H30N4O3. The lowest BCUT2D eigenvalue weighted by molar-refractivity contribution is -0.146. The molecule has 1 aromatic carbocycles. The molecule has 2 fully saturated rings. The molecule has 2 aliphatic rings. The molecule has 2 amide bonds. The number of nitrogens with one attached hydrogen (secondary N) is 1. The summed E-state index contributed by atoms with van der Waals surface area (Å²) in [7, 11) is 0. The van der Waals surface area contributed by atoms with Crippen LogP contribution in [0.3, 0.4) is 0 Å². The van der Waals surface area contributed by atoms with Gasteiger partial charge in [0.2, 0.25) is 0 Å². The minimum absolute atomic E-state index is 0.419. The fraction of sp³-hybridized carbons (Fsp3) is 0.600. The number of nitrogens with zero attached hydrogens (tertiary/aromatic N) is 3. The highest BCUT2D eigenvalue weighted by Gasteiger charge is 2.26. The van der Waals surface area contributed by atoms with Crippen LogP contribution in [0.25, 0.3) is 0 Å². The van der Waals surface area contributed by atoms with E-state index in [4.69, 9.17) is 4.74 Å². The number of carbonyl (C=O) groups excluding carboxylic acids is 2. The maximum Gasteiger partial charge on any atom is 0.312 e. The Kier molecular flexibility index (Phi) is 6.68. The molecule has 148 valence electrons. The largest absolute Gasteiger partial charge is 0.379 e. The highest BCUT2D eigenvalue weighted by atomic mass is 16.5. The Morgan fingerprint density at radius 3 is 2.44 bits per heavy atom. The maximum atomic E-state index is 12.4. The Morgan fingerprint density at radius 1 is 1.04 bits per heavy atom. The average molecular weight is 374 g/mol. The van der Waals surface area contributed by atoms with Crippen molar-refractivity contribution in [3.8, 4) is 0 Å². The number of carbonyl (C=O) groups is 2. The number of morpholine rings is 1. The summed E-state index contributed by atoms with van der Waals surface area (Å²) in [4.78, 5) is 30.8. The van der Waals surface area contributed by atoms with E-state index in [0.29, 0.717) is 19.6 Å². The van der Waals surface area contributed by atoms with E-state index < -0.39 is 11.8 Å². The molecule has 0 bridgehead atoms. The third kappa shape index (κ3) is 4.99. The van der Waals surface area contributed by atoms with Gasteiger partial charge in [0, 0.05) is 58.0 Å². The van der Waals surface area contributed by atoms with E-state index >= 15 is 0 Å².